The number of hydrogen-bond acceptors (Lipinski definition) is 2. The molecule has 0 saturated carbocycles. The molecule has 0 radical (unpaired) electrons. The van der Waals surface area contributed by atoms with E-state index in [1.807, 2.05) is 13.8 Å². The maximum Gasteiger partial charge on any atom is 0.0597 e. The molecule has 14 heavy (non-hydrogen) atoms. The van der Waals surface area contributed by atoms with Crippen molar-refractivity contribution in [3.05, 3.63) is 0 Å². The zero-order chi connectivity index (χ0) is 11.0. The minimum atomic E-state index is 0.618. The molecule has 1 fully saturated rings. The molecular weight excluding hydrogens is 172 g/mol. The van der Waals surface area contributed by atoms with E-state index in [-0.39, 0.29) is 0 Å². The van der Waals surface area contributed by atoms with Crippen LogP contribution in [0.4, 0.5) is 0 Å². The molecule has 1 heterocycles. The Labute approximate surface area is 90.1 Å². The molecule has 0 aromatic heterocycles. The third kappa shape index (κ3) is 4.97. The van der Waals surface area contributed by atoms with E-state index in [1.165, 1.54) is 32.4 Å². The highest BCUT2D eigenvalue weighted by molar-refractivity contribution is 4.74. The molecule has 1 unspecified atom stereocenters. The standard InChI is InChI=1S/C10H22N2.C2H6/c1-9(2)8-10(11-3)12-6-4-5-7-12;1-2/h9-11H,4-8H2,1-3H3;1-2H3. The van der Waals surface area contributed by atoms with Crippen LogP contribution in [-0.2, 0) is 0 Å². The summed E-state index contributed by atoms with van der Waals surface area (Å²) in [6.07, 6.45) is 4.66. The van der Waals surface area contributed by atoms with Crippen LogP contribution in [0.25, 0.3) is 0 Å². The summed E-state index contributed by atoms with van der Waals surface area (Å²) in [6, 6.07) is 0. The second-order valence-electron chi connectivity index (χ2n) is 4.18. The quantitative estimate of drug-likeness (QED) is 0.750. The van der Waals surface area contributed by atoms with Gasteiger partial charge in [-0.25, -0.2) is 0 Å². The number of likely N-dealkylation sites (tertiary alicyclic amines) is 1. The number of nitrogens with zero attached hydrogens (tertiary/aromatic N) is 1. The van der Waals surface area contributed by atoms with Crippen LogP contribution in [0, 0.1) is 5.92 Å². The van der Waals surface area contributed by atoms with Gasteiger partial charge in [-0.2, -0.15) is 0 Å². The lowest BCUT2D eigenvalue weighted by Gasteiger charge is -2.28. The first-order valence-electron chi connectivity index (χ1n) is 6.15. The Bertz CT molecular complexity index is 117. The van der Waals surface area contributed by atoms with E-state index in [1.54, 1.807) is 0 Å². The van der Waals surface area contributed by atoms with Crippen LogP contribution in [0.3, 0.4) is 0 Å². The van der Waals surface area contributed by atoms with Crippen molar-refractivity contribution in [3.8, 4) is 0 Å². The van der Waals surface area contributed by atoms with Crippen molar-refractivity contribution in [2.24, 2.45) is 5.92 Å². The van der Waals surface area contributed by atoms with Crippen LogP contribution in [0.2, 0.25) is 0 Å². The summed E-state index contributed by atoms with van der Waals surface area (Å²) in [5.41, 5.74) is 0. The van der Waals surface area contributed by atoms with Gasteiger partial charge in [0.2, 0.25) is 0 Å². The highest BCUT2D eigenvalue weighted by atomic mass is 15.3. The van der Waals surface area contributed by atoms with Gasteiger partial charge in [-0.1, -0.05) is 27.7 Å². The molecule has 1 N–H and O–H groups in total. The highest BCUT2D eigenvalue weighted by Gasteiger charge is 2.20. The average molecular weight is 200 g/mol. The predicted octanol–water partition coefficient (Wildman–Crippen LogP) is 2.70. The van der Waals surface area contributed by atoms with Gasteiger partial charge in [0, 0.05) is 0 Å². The van der Waals surface area contributed by atoms with Crippen molar-refractivity contribution >= 4 is 0 Å². The number of nitrogens with one attached hydrogen (secondary N) is 1. The molecule has 0 aromatic carbocycles. The topological polar surface area (TPSA) is 15.3 Å². The minimum absolute atomic E-state index is 0.618. The molecular formula is C12H28N2. The van der Waals surface area contributed by atoms with Gasteiger partial charge in [0.25, 0.3) is 0 Å². The molecule has 0 spiro atoms. The van der Waals surface area contributed by atoms with Gasteiger partial charge in [-0.3, -0.25) is 4.90 Å². The van der Waals surface area contributed by atoms with Crippen molar-refractivity contribution < 1.29 is 0 Å². The van der Waals surface area contributed by atoms with E-state index in [0.717, 1.165) is 5.92 Å². The monoisotopic (exact) mass is 200 g/mol. The van der Waals surface area contributed by atoms with Gasteiger partial charge in [-0.05, 0) is 45.3 Å². The van der Waals surface area contributed by atoms with Gasteiger partial charge in [0.05, 0.1) is 6.17 Å². The molecule has 1 rings (SSSR count). The van der Waals surface area contributed by atoms with E-state index in [4.69, 9.17) is 0 Å². The third-order valence-corrected chi connectivity index (χ3v) is 2.61. The molecule has 0 aliphatic carbocycles. The van der Waals surface area contributed by atoms with E-state index < -0.39 is 0 Å². The van der Waals surface area contributed by atoms with Crippen LogP contribution < -0.4 is 5.32 Å². The summed E-state index contributed by atoms with van der Waals surface area (Å²) in [6.45, 7) is 11.2. The zero-order valence-corrected chi connectivity index (χ0v) is 10.6. The lowest BCUT2D eigenvalue weighted by molar-refractivity contribution is 0.186. The molecule has 1 aliphatic heterocycles. The maximum absolute atomic E-state index is 3.40. The molecule has 2 heteroatoms. The summed E-state index contributed by atoms with van der Waals surface area (Å²) < 4.78 is 0. The van der Waals surface area contributed by atoms with Crippen molar-refractivity contribution in [3.63, 3.8) is 0 Å². The van der Waals surface area contributed by atoms with Gasteiger partial charge >= 0.3 is 0 Å². The molecule has 1 atom stereocenters. The molecule has 0 aromatic rings. The highest BCUT2D eigenvalue weighted by Crippen LogP contribution is 2.15. The Hall–Kier alpha value is -0.0800. The Morgan fingerprint density at radius 3 is 2.00 bits per heavy atom. The Kier molecular flexibility index (Phi) is 8.20. The summed E-state index contributed by atoms with van der Waals surface area (Å²) in [5, 5.41) is 3.40. The van der Waals surface area contributed by atoms with E-state index >= 15 is 0 Å². The maximum atomic E-state index is 3.40. The van der Waals surface area contributed by atoms with Gasteiger partial charge in [0.15, 0.2) is 0 Å². The van der Waals surface area contributed by atoms with Gasteiger partial charge in [-0.15, -0.1) is 0 Å². The summed E-state index contributed by atoms with van der Waals surface area (Å²) in [7, 11) is 2.07. The fourth-order valence-corrected chi connectivity index (χ4v) is 1.95. The minimum Gasteiger partial charge on any atom is -0.305 e. The van der Waals surface area contributed by atoms with Crippen LogP contribution in [0.5, 0.6) is 0 Å². The number of hydrogen-bond donors (Lipinski definition) is 1. The smallest absolute Gasteiger partial charge is 0.0597 e. The van der Waals surface area contributed by atoms with Crippen molar-refractivity contribution in [2.75, 3.05) is 20.1 Å². The normalized spacial score (nSPS) is 19.3. The Balaban J connectivity index is 0.000000791. The average Bonchev–Trinajstić information content (AvgIpc) is 2.70. The summed E-state index contributed by atoms with van der Waals surface area (Å²) in [4.78, 5) is 2.57. The first-order valence-corrected chi connectivity index (χ1v) is 6.15. The number of rotatable bonds is 4. The van der Waals surface area contributed by atoms with Gasteiger partial charge in [0.1, 0.15) is 0 Å². The molecule has 86 valence electrons. The molecule has 0 amide bonds. The first kappa shape index (κ1) is 13.9. The van der Waals surface area contributed by atoms with Crippen LogP contribution in [0.15, 0.2) is 0 Å². The first-order chi connectivity index (χ1) is 6.74. The lowest BCUT2D eigenvalue weighted by atomic mass is 10.1. The van der Waals surface area contributed by atoms with Crippen LogP contribution in [0.1, 0.15) is 47.0 Å². The summed E-state index contributed by atoms with van der Waals surface area (Å²) in [5.74, 6) is 0.794. The molecule has 0 bridgehead atoms. The molecule has 1 saturated heterocycles. The fraction of sp³-hybridized carbons (Fsp3) is 1.00. The van der Waals surface area contributed by atoms with Crippen molar-refractivity contribution in [1.82, 2.24) is 10.2 Å². The second kappa shape index (κ2) is 8.25. The van der Waals surface area contributed by atoms with E-state index in [2.05, 4.69) is 31.1 Å². The largest absolute Gasteiger partial charge is 0.305 e. The Morgan fingerprint density at radius 2 is 1.64 bits per heavy atom. The zero-order valence-electron chi connectivity index (χ0n) is 10.6. The second-order valence-corrected chi connectivity index (χ2v) is 4.18. The Morgan fingerprint density at radius 1 is 1.14 bits per heavy atom. The fourth-order valence-electron chi connectivity index (χ4n) is 1.95. The van der Waals surface area contributed by atoms with Crippen molar-refractivity contribution in [1.29, 1.82) is 0 Å². The third-order valence-electron chi connectivity index (χ3n) is 2.61. The predicted molar refractivity (Wildman–Crippen MR) is 64.5 cm³/mol. The van der Waals surface area contributed by atoms with Gasteiger partial charge < -0.3 is 5.32 Å². The SMILES string of the molecule is CC.CNC(CC(C)C)N1CCCC1. The van der Waals surface area contributed by atoms with E-state index in [9.17, 15) is 0 Å². The van der Waals surface area contributed by atoms with Crippen LogP contribution in [-0.4, -0.2) is 31.2 Å². The lowest BCUT2D eigenvalue weighted by Crippen LogP contribution is -2.43. The van der Waals surface area contributed by atoms with Crippen LogP contribution >= 0.6 is 0 Å². The summed E-state index contributed by atoms with van der Waals surface area (Å²) >= 11 is 0. The van der Waals surface area contributed by atoms with Crippen molar-refractivity contribution in [2.45, 2.75) is 53.1 Å². The molecule has 2 nitrogen and oxygen atoms in total. The van der Waals surface area contributed by atoms with E-state index in [0.29, 0.717) is 6.17 Å². The molecule has 1 aliphatic rings.